The van der Waals surface area contributed by atoms with Crippen LogP contribution in [0.1, 0.15) is 27.2 Å². The van der Waals surface area contributed by atoms with E-state index in [-0.39, 0.29) is 17.5 Å². The van der Waals surface area contributed by atoms with Crippen LogP contribution >= 0.6 is 11.6 Å². The number of hydrogen-bond donors (Lipinski definition) is 1. The zero-order valence-corrected chi connectivity index (χ0v) is 11.0. The van der Waals surface area contributed by atoms with E-state index in [1.54, 1.807) is 18.2 Å². The maximum Gasteiger partial charge on any atom is 0.494 e. The molecule has 0 amide bonds. The lowest BCUT2D eigenvalue weighted by Crippen LogP contribution is -2.51. The van der Waals surface area contributed by atoms with Gasteiger partial charge in [0.2, 0.25) is 0 Å². The van der Waals surface area contributed by atoms with Crippen molar-refractivity contribution in [2.45, 2.75) is 38.9 Å². The molecule has 1 fully saturated rings. The Hall–Kier alpha value is -0.705. The monoisotopic (exact) mass is 254 g/mol. The van der Waals surface area contributed by atoms with Crippen molar-refractivity contribution < 1.29 is 14.4 Å². The van der Waals surface area contributed by atoms with E-state index in [1.165, 1.54) is 0 Å². The van der Waals surface area contributed by atoms with Gasteiger partial charge in [-0.2, -0.15) is 0 Å². The summed E-state index contributed by atoms with van der Waals surface area (Å²) in [4.78, 5) is 0. The Morgan fingerprint density at radius 3 is 2.76 bits per heavy atom. The molecule has 3 nitrogen and oxygen atoms in total. The van der Waals surface area contributed by atoms with Gasteiger partial charge in [0.25, 0.3) is 0 Å². The van der Waals surface area contributed by atoms with Gasteiger partial charge in [-0.3, -0.25) is 0 Å². The normalized spacial score (nSPS) is 23.8. The SMILES string of the molecule is CC1CC(C)(C)OB(c2ccc(O)c(Cl)c2)O1. The summed E-state index contributed by atoms with van der Waals surface area (Å²) in [5.74, 6) is 0.0681. The Morgan fingerprint density at radius 2 is 2.18 bits per heavy atom. The summed E-state index contributed by atoms with van der Waals surface area (Å²) in [6.45, 7) is 6.11. The van der Waals surface area contributed by atoms with Crippen LogP contribution in [0.25, 0.3) is 0 Å². The largest absolute Gasteiger partial charge is 0.506 e. The zero-order valence-electron chi connectivity index (χ0n) is 10.2. The van der Waals surface area contributed by atoms with Crippen molar-refractivity contribution in [3.05, 3.63) is 23.2 Å². The van der Waals surface area contributed by atoms with Gasteiger partial charge in [-0.25, -0.2) is 0 Å². The summed E-state index contributed by atoms with van der Waals surface area (Å²) >= 11 is 5.88. The molecule has 0 spiro atoms. The molecule has 1 N–H and O–H groups in total. The first kappa shape index (κ1) is 12.7. The second kappa shape index (κ2) is 4.52. The van der Waals surface area contributed by atoms with Crippen LogP contribution in [0.4, 0.5) is 0 Å². The molecule has 2 rings (SSSR count). The number of benzene rings is 1. The molecule has 1 aliphatic rings. The number of aromatic hydroxyl groups is 1. The summed E-state index contributed by atoms with van der Waals surface area (Å²) < 4.78 is 11.6. The Labute approximate surface area is 107 Å². The summed E-state index contributed by atoms with van der Waals surface area (Å²) in [5, 5.41) is 9.69. The van der Waals surface area contributed by atoms with Gasteiger partial charge < -0.3 is 14.4 Å². The Bertz CT molecular complexity index is 422. The Balaban J connectivity index is 2.24. The highest BCUT2D eigenvalue weighted by molar-refractivity contribution is 6.62. The summed E-state index contributed by atoms with van der Waals surface area (Å²) in [7, 11) is -0.424. The average Bonchev–Trinajstić information content (AvgIpc) is 2.19. The van der Waals surface area contributed by atoms with Crippen LogP contribution in [0.15, 0.2) is 18.2 Å². The van der Waals surface area contributed by atoms with Crippen LogP contribution in [0.5, 0.6) is 5.75 Å². The molecule has 0 saturated carbocycles. The minimum atomic E-state index is -0.424. The van der Waals surface area contributed by atoms with Crippen molar-refractivity contribution in [2.24, 2.45) is 0 Å². The molecule has 1 atom stereocenters. The fourth-order valence-electron chi connectivity index (χ4n) is 2.13. The highest BCUT2D eigenvalue weighted by atomic mass is 35.5. The summed E-state index contributed by atoms with van der Waals surface area (Å²) in [5.41, 5.74) is 0.611. The number of hydrogen-bond acceptors (Lipinski definition) is 3. The van der Waals surface area contributed by atoms with Crippen molar-refractivity contribution in [3.8, 4) is 5.75 Å². The molecule has 5 heteroatoms. The second-order valence-electron chi connectivity index (χ2n) is 5.07. The van der Waals surface area contributed by atoms with Gasteiger partial charge in [0.1, 0.15) is 5.75 Å². The van der Waals surface area contributed by atoms with E-state index in [2.05, 4.69) is 0 Å². The van der Waals surface area contributed by atoms with E-state index in [0.717, 1.165) is 11.9 Å². The average molecular weight is 255 g/mol. The molecule has 0 radical (unpaired) electrons. The molecule has 1 aromatic carbocycles. The van der Waals surface area contributed by atoms with Crippen molar-refractivity contribution in [2.75, 3.05) is 0 Å². The van der Waals surface area contributed by atoms with E-state index in [9.17, 15) is 5.11 Å². The quantitative estimate of drug-likeness (QED) is 0.782. The maximum atomic E-state index is 9.38. The van der Waals surface area contributed by atoms with Crippen LogP contribution in [-0.2, 0) is 9.31 Å². The zero-order chi connectivity index (χ0) is 12.6. The molecule has 1 saturated heterocycles. The van der Waals surface area contributed by atoms with E-state index in [0.29, 0.717) is 5.02 Å². The first-order valence-corrected chi connectivity index (χ1v) is 6.07. The molecule has 92 valence electrons. The van der Waals surface area contributed by atoms with E-state index in [1.807, 2.05) is 20.8 Å². The van der Waals surface area contributed by atoms with Gasteiger partial charge in [0.05, 0.1) is 10.6 Å². The fraction of sp³-hybridized carbons (Fsp3) is 0.500. The Morgan fingerprint density at radius 1 is 1.47 bits per heavy atom. The lowest BCUT2D eigenvalue weighted by molar-refractivity contribution is -0.0229. The minimum absolute atomic E-state index is 0.0681. The first-order chi connectivity index (χ1) is 7.87. The molecule has 1 unspecified atom stereocenters. The third-order valence-electron chi connectivity index (χ3n) is 2.80. The van der Waals surface area contributed by atoms with Gasteiger partial charge in [0, 0.05) is 6.10 Å². The number of phenols is 1. The molecule has 1 aromatic rings. The number of phenolic OH excluding ortho intramolecular Hbond substituents is 1. The van der Waals surface area contributed by atoms with Crippen LogP contribution in [0.2, 0.25) is 5.02 Å². The molecule has 0 aromatic heterocycles. The smallest absolute Gasteiger partial charge is 0.494 e. The van der Waals surface area contributed by atoms with Gasteiger partial charge in [-0.15, -0.1) is 0 Å². The summed E-state index contributed by atoms with van der Waals surface area (Å²) in [6.07, 6.45) is 0.992. The van der Waals surface area contributed by atoms with E-state index in [4.69, 9.17) is 20.9 Å². The van der Waals surface area contributed by atoms with E-state index < -0.39 is 7.12 Å². The molecule has 1 heterocycles. The van der Waals surface area contributed by atoms with Gasteiger partial charge >= 0.3 is 7.12 Å². The highest BCUT2D eigenvalue weighted by Crippen LogP contribution is 2.27. The molecule has 0 aliphatic carbocycles. The van der Waals surface area contributed by atoms with E-state index >= 15 is 0 Å². The summed E-state index contributed by atoms with van der Waals surface area (Å²) in [6, 6.07) is 4.99. The Kier molecular flexibility index (Phi) is 3.39. The lowest BCUT2D eigenvalue weighted by atomic mass is 9.75. The van der Waals surface area contributed by atoms with Crippen LogP contribution < -0.4 is 5.46 Å². The number of halogens is 1. The van der Waals surface area contributed by atoms with Crippen molar-refractivity contribution >= 4 is 24.2 Å². The topological polar surface area (TPSA) is 38.7 Å². The van der Waals surface area contributed by atoms with Crippen molar-refractivity contribution in [1.29, 1.82) is 0 Å². The third-order valence-corrected chi connectivity index (χ3v) is 3.11. The van der Waals surface area contributed by atoms with Gasteiger partial charge in [-0.05, 0) is 44.8 Å². The lowest BCUT2D eigenvalue weighted by Gasteiger charge is -2.38. The van der Waals surface area contributed by atoms with Crippen LogP contribution in [-0.4, -0.2) is 23.9 Å². The molecule has 0 bridgehead atoms. The highest BCUT2D eigenvalue weighted by Gasteiger charge is 2.38. The van der Waals surface area contributed by atoms with Crippen molar-refractivity contribution in [3.63, 3.8) is 0 Å². The van der Waals surface area contributed by atoms with Crippen molar-refractivity contribution in [1.82, 2.24) is 0 Å². The van der Waals surface area contributed by atoms with Crippen LogP contribution in [0.3, 0.4) is 0 Å². The standard InChI is InChI=1S/C12H16BClO3/c1-8-7-12(2,3)17-13(16-8)9-4-5-11(15)10(14)6-9/h4-6,8,15H,7H2,1-3H3. The first-order valence-electron chi connectivity index (χ1n) is 5.69. The predicted molar refractivity (Wildman–Crippen MR) is 68.8 cm³/mol. The second-order valence-corrected chi connectivity index (χ2v) is 5.48. The molecule has 1 aliphatic heterocycles. The predicted octanol–water partition coefficient (Wildman–Crippen LogP) is 2.34. The molecular weight excluding hydrogens is 238 g/mol. The molecule has 17 heavy (non-hydrogen) atoms. The third kappa shape index (κ3) is 2.95. The van der Waals surface area contributed by atoms with Crippen LogP contribution in [0, 0.1) is 0 Å². The fourth-order valence-corrected chi connectivity index (χ4v) is 2.32. The van der Waals surface area contributed by atoms with Gasteiger partial charge in [0.15, 0.2) is 0 Å². The molecular formula is C12H16BClO3. The van der Waals surface area contributed by atoms with Gasteiger partial charge in [-0.1, -0.05) is 17.7 Å². The maximum absolute atomic E-state index is 9.38. The number of rotatable bonds is 1. The minimum Gasteiger partial charge on any atom is -0.506 e.